The zero-order chi connectivity index (χ0) is 23.6. The molecule has 3 aromatic rings. The van der Waals surface area contributed by atoms with Gasteiger partial charge in [-0.15, -0.1) is 0 Å². The van der Waals surface area contributed by atoms with Crippen molar-refractivity contribution in [2.75, 3.05) is 6.54 Å². The van der Waals surface area contributed by atoms with E-state index in [0.717, 1.165) is 42.3 Å². The summed E-state index contributed by atoms with van der Waals surface area (Å²) in [5.74, 6) is -0.376. The fraction of sp³-hybridized carbons (Fsp3) is 0.440. The average Bonchev–Trinajstić information content (AvgIpc) is 3.15. The third-order valence-corrected chi connectivity index (χ3v) is 9.62. The van der Waals surface area contributed by atoms with Gasteiger partial charge in [0.2, 0.25) is 10.0 Å². The molecule has 0 atom stereocenters. The zero-order valence-electron chi connectivity index (χ0n) is 19.5. The molecule has 1 saturated carbocycles. The number of aryl methyl sites for hydroxylation is 2. The number of fused-ring (bicyclic) bond motifs is 1. The van der Waals surface area contributed by atoms with E-state index in [4.69, 9.17) is 0 Å². The first-order valence-electron chi connectivity index (χ1n) is 11.6. The second kappa shape index (κ2) is 9.91. The quantitative estimate of drug-likeness (QED) is 0.499. The number of nitrogens with zero attached hydrogens (tertiary/aromatic N) is 3. The van der Waals surface area contributed by atoms with Crippen molar-refractivity contribution >= 4 is 37.5 Å². The smallest absolute Gasteiger partial charge is 0.279 e. The first kappa shape index (κ1) is 23.9. The highest BCUT2D eigenvalue weighted by Gasteiger charge is 2.31. The molecule has 0 aliphatic heterocycles. The fourth-order valence-corrected chi connectivity index (χ4v) is 7.48. The summed E-state index contributed by atoms with van der Waals surface area (Å²) < 4.78 is 31.2. The second-order valence-corrected chi connectivity index (χ2v) is 11.4. The van der Waals surface area contributed by atoms with Gasteiger partial charge in [-0.05, 0) is 55.2 Å². The Labute approximate surface area is 199 Å². The molecule has 176 valence electrons. The van der Waals surface area contributed by atoms with Crippen LogP contribution in [0.1, 0.15) is 61.9 Å². The number of sulfonamides is 1. The number of carbonyl (C=O) groups excluding carboxylic acids is 1. The van der Waals surface area contributed by atoms with Crippen LogP contribution in [0.15, 0.2) is 52.4 Å². The van der Waals surface area contributed by atoms with Gasteiger partial charge in [0.05, 0.1) is 15.1 Å². The number of hydrogen-bond acceptors (Lipinski definition) is 4. The molecule has 0 spiro atoms. The van der Waals surface area contributed by atoms with Gasteiger partial charge in [-0.25, -0.2) is 8.42 Å². The van der Waals surface area contributed by atoms with Crippen LogP contribution in [0.2, 0.25) is 0 Å². The molecule has 0 bridgehead atoms. The lowest BCUT2D eigenvalue weighted by atomic mass is 9.95. The molecule has 1 heterocycles. The molecule has 1 aromatic heterocycles. The highest BCUT2D eigenvalue weighted by molar-refractivity contribution is 7.89. The van der Waals surface area contributed by atoms with E-state index in [1.54, 1.807) is 16.4 Å². The SMILES string of the molecule is CCc1cccc2sc(=NC(=O)c3ccc(S(=O)(=O)N(CC)C4CCCCC4)cc3)n(C)c12. The molecule has 0 radical (unpaired) electrons. The molecule has 1 fully saturated rings. The molecule has 0 saturated heterocycles. The Hall–Kier alpha value is -2.29. The number of rotatable bonds is 6. The fourth-order valence-electron chi connectivity index (χ4n) is 4.73. The van der Waals surface area contributed by atoms with Crippen molar-refractivity contribution in [1.82, 2.24) is 8.87 Å². The summed E-state index contributed by atoms with van der Waals surface area (Å²) in [7, 11) is -1.67. The Morgan fingerprint density at radius 1 is 1.09 bits per heavy atom. The van der Waals surface area contributed by atoms with Crippen LogP contribution in [0.25, 0.3) is 10.2 Å². The molecular formula is C25H31N3O3S2. The standard InChI is InChI=1S/C25H31N3O3S2/c1-4-18-10-9-13-22-23(18)27(3)25(32-22)26-24(29)19-14-16-21(17-15-19)33(30,31)28(5-2)20-11-7-6-8-12-20/h9-10,13-17,20H,4-8,11-12H2,1-3H3. The number of thiazole rings is 1. The van der Waals surface area contributed by atoms with E-state index in [0.29, 0.717) is 16.9 Å². The van der Waals surface area contributed by atoms with E-state index < -0.39 is 10.0 Å². The van der Waals surface area contributed by atoms with Crippen LogP contribution in [0.4, 0.5) is 0 Å². The van der Waals surface area contributed by atoms with E-state index in [9.17, 15) is 13.2 Å². The number of aromatic nitrogens is 1. The zero-order valence-corrected chi connectivity index (χ0v) is 21.1. The van der Waals surface area contributed by atoms with Gasteiger partial charge in [0.25, 0.3) is 5.91 Å². The summed E-state index contributed by atoms with van der Waals surface area (Å²) in [4.78, 5) is 18.1. The molecule has 1 aliphatic carbocycles. The summed E-state index contributed by atoms with van der Waals surface area (Å²) in [6, 6.07) is 12.4. The van der Waals surface area contributed by atoms with Gasteiger partial charge in [0.1, 0.15) is 0 Å². The normalized spacial score (nSPS) is 16.1. The van der Waals surface area contributed by atoms with E-state index >= 15 is 0 Å². The average molecular weight is 486 g/mol. The summed E-state index contributed by atoms with van der Waals surface area (Å²) in [5.41, 5.74) is 2.69. The van der Waals surface area contributed by atoms with Gasteiger partial charge in [-0.1, -0.05) is 56.6 Å². The first-order valence-corrected chi connectivity index (χ1v) is 13.9. The molecule has 0 N–H and O–H groups in total. The Bertz CT molecular complexity index is 1320. The van der Waals surface area contributed by atoms with Crippen molar-refractivity contribution < 1.29 is 13.2 Å². The van der Waals surface area contributed by atoms with Crippen molar-refractivity contribution in [2.24, 2.45) is 12.0 Å². The Kier molecular flexibility index (Phi) is 7.16. The summed E-state index contributed by atoms with van der Waals surface area (Å²) in [5, 5.41) is 0. The lowest BCUT2D eigenvalue weighted by molar-refractivity contribution is 0.0998. The monoisotopic (exact) mass is 485 g/mol. The number of para-hydroxylation sites is 1. The minimum absolute atomic E-state index is 0.0611. The largest absolute Gasteiger partial charge is 0.319 e. The van der Waals surface area contributed by atoms with Crippen molar-refractivity contribution in [3.63, 3.8) is 0 Å². The maximum absolute atomic E-state index is 13.3. The van der Waals surface area contributed by atoms with Crippen LogP contribution in [0.3, 0.4) is 0 Å². The van der Waals surface area contributed by atoms with Crippen LogP contribution in [-0.4, -0.2) is 35.8 Å². The predicted molar refractivity (Wildman–Crippen MR) is 133 cm³/mol. The first-order chi connectivity index (χ1) is 15.9. The van der Waals surface area contributed by atoms with E-state index in [2.05, 4.69) is 18.0 Å². The third kappa shape index (κ3) is 4.69. The molecule has 0 unspecified atom stereocenters. The molecule has 4 rings (SSSR count). The highest BCUT2D eigenvalue weighted by Crippen LogP contribution is 2.28. The predicted octanol–water partition coefficient (Wildman–Crippen LogP) is 4.89. The lowest BCUT2D eigenvalue weighted by Gasteiger charge is -2.32. The molecule has 1 amide bonds. The van der Waals surface area contributed by atoms with Gasteiger partial charge >= 0.3 is 0 Å². The molecular weight excluding hydrogens is 454 g/mol. The van der Waals surface area contributed by atoms with Crippen LogP contribution in [0.5, 0.6) is 0 Å². The van der Waals surface area contributed by atoms with Crippen LogP contribution in [-0.2, 0) is 23.5 Å². The topological polar surface area (TPSA) is 71.7 Å². The highest BCUT2D eigenvalue weighted by atomic mass is 32.2. The summed E-state index contributed by atoms with van der Waals surface area (Å²) in [6.07, 6.45) is 6.04. The van der Waals surface area contributed by atoms with Gasteiger partial charge < -0.3 is 4.57 Å². The van der Waals surface area contributed by atoms with Gasteiger partial charge in [-0.2, -0.15) is 9.30 Å². The van der Waals surface area contributed by atoms with Crippen molar-refractivity contribution in [3.8, 4) is 0 Å². The number of benzene rings is 2. The maximum Gasteiger partial charge on any atom is 0.279 e. The van der Waals surface area contributed by atoms with Gasteiger partial charge in [-0.3, -0.25) is 4.79 Å². The molecule has 2 aromatic carbocycles. The summed E-state index contributed by atoms with van der Waals surface area (Å²) >= 11 is 1.48. The summed E-state index contributed by atoms with van der Waals surface area (Å²) in [6.45, 7) is 4.45. The van der Waals surface area contributed by atoms with Gasteiger partial charge in [0.15, 0.2) is 4.80 Å². The van der Waals surface area contributed by atoms with E-state index in [1.807, 2.05) is 30.7 Å². The molecule has 33 heavy (non-hydrogen) atoms. The molecule has 8 heteroatoms. The molecule has 6 nitrogen and oxygen atoms in total. The Morgan fingerprint density at radius 3 is 2.42 bits per heavy atom. The van der Waals surface area contributed by atoms with Gasteiger partial charge in [0, 0.05) is 25.2 Å². The Balaban J connectivity index is 1.61. The minimum Gasteiger partial charge on any atom is -0.319 e. The van der Waals surface area contributed by atoms with Crippen molar-refractivity contribution in [2.45, 2.75) is 63.3 Å². The lowest BCUT2D eigenvalue weighted by Crippen LogP contribution is -2.41. The number of amides is 1. The van der Waals surface area contributed by atoms with Crippen molar-refractivity contribution in [3.05, 3.63) is 58.4 Å². The minimum atomic E-state index is -3.59. The maximum atomic E-state index is 13.3. The second-order valence-electron chi connectivity index (χ2n) is 8.50. The van der Waals surface area contributed by atoms with E-state index in [1.165, 1.54) is 35.5 Å². The van der Waals surface area contributed by atoms with Crippen LogP contribution >= 0.6 is 11.3 Å². The number of hydrogen-bond donors (Lipinski definition) is 0. The van der Waals surface area contributed by atoms with Crippen molar-refractivity contribution in [1.29, 1.82) is 0 Å². The molecule has 1 aliphatic rings. The Morgan fingerprint density at radius 2 is 1.79 bits per heavy atom. The number of carbonyl (C=O) groups is 1. The van der Waals surface area contributed by atoms with Crippen LogP contribution < -0.4 is 4.80 Å². The third-order valence-electron chi connectivity index (χ3n) is 6.49. The van der Waals surface area contributed by atoms with Crippen LogP contribution in [0, 0.1) is 0 Å². The van der Waals surface area contributed by atoms with E-state index in [-0.39, 0.29) is 16.8 Å².